The standard InChI is InChI=1S/C13H15N5O/c1-17-12(14-15-16-17)9-13(19)18-8-4-6-10-5-2-3-7-11(10)18/h2-3,5,7H,4,6,8-9H2,1H3. The fraction of sp³-hybridized carbons (Fsp3) is 0.385. The van der Waals surface area contributed by atoms with E-state index in [1.807, 2.05) is 23.1 Å². The number of nitrogens with zero attached hydrogens (tertiary/aromatic N) is 5. The van der Waals surface area contributed by atoms with Crippen molar-refractivity contribution in [3.8, 4) is 0 Å². The van der Waals surface area contributed by atoms with Gasteiger partial charge in [0, 0.05) is 19.3 Å². The Kier molecular flexibility index (Phi) is 2.98. The van der Waals surface area contributed by atoms with Crippen LogP contribution in [0.4, 0.5) is 5.69 Å². The maximum absolute atomic E-state index is 12.4. The van der Waals surface area contributed by atoms with Crippen LogP contribution in [0.15, 0.2) is 24.3 Å². The van der Waals surface area contributed by atoms with E-state index in [1.165, 1.54) is 10.2 Å². The van der Waals surface area contributed by atoms with Crippen molar-refractivity contribution in [3.05, 3.63) is 35.7 Å². The molecule has 19 heavy (non-hydrogen) atoms. The van der Waals surface area contributed by atoms with Gasteiger partial charge in [0.05, 0.1) is 6.42 Å². The van der Waals surface area contributed by atoms with Crippen LogP contribution in [-0.2, 0) is 24.7 Å². The molecule has 1 aromatic carbocycles. The van der Waals surface area contributed by atoms with Crippen LogP contribution in [0.5, 0.6) is 0 Å². The zero-order chi connectivity index (χ0) is 13.2. The molecule has 6 nitrogen and oxygen atoms in total. The van der Waals surface area contributed by atoms with E-state index in [9.17, 15) is 4.79 Å². The zero-order valence-corrected chi connectivity index (χ0v) is 10.8. The summed E-state index contributed by atoms with van der Waals surface area (Å²) in [5.41, 5.74) is 2.26. The Bertz CT molecular complexity index is 607. The molecule has 6 heteroatoms. The minimum atomic E-state index is 0.0463. The average molecular weight is 257 g/mol. The van der Waals surface area contributed by atoms with E-state index in [4.69, 9.17) is 0 Å². The van der Waals surface area contributed by atoms with Gasteiger partial charge in [0.15, 0.2) is 5.82 Å². The first-order valence-corrected chi connectivity index (χ1v) is 6.35. The van der Waals surface area contributed by atoms with Crippen LogP contribution in [-0.4, -0.2) is 32.7 Å². The number of aromatic nitrogens is 4. The Labute approximate surface area is 111 Å². The van der Waals surface area contributed by atoms with Crippen molar-refractivity contribution in [3.63, 3.8) is 0 Å². The molecule has 1 aliphatic rings. The van der Waals surface area contributed by atoms with Gasteiger partial charge in [0.2, 0.25) is 5.91 Å². The van der Waals surface area contributed by atoms with Gasteiger partial charge >= 0.3 is 0 Å². The summed E-state index contributed by atoms with van der Waals surface area (Å²) < 4.78 is 1.54. The highest BCUT2D eigenvalue weighted by Gasteiger charge is 2.23. The third kappa shape index (κ3) is 2.21. The highest BCUT2D eigenvalue weighted by Crippen LogP contribution is 2.26. The first kappa shape index (κ1) is 11.8. The molecule has 0 saturated carbocycles. The number of carbonyl (C=O) groups is 1. The predicted molar refractivity (Wildman–Crippen MR) is 69.6 cm³/mol. The second kappa shape index (κ2) is 4.79. The molecular formula is C13H15N5O. The van der Waals surface area contributed by atoms with Crippen LogP contribution < -0.4 is 4.90 Å². The lowest BCUT2D eigenvalue weighted by molar-refractivity contribution is -0.118. The Balaban J connectivity index is 1.84. The highest BCUT2D eigenvalue weighted by molar-refractivity contribution is 5.95. The summed E-state index contributed by atoms with van der Waals surface area (Å²) in [5.74, 6) is 0.637. The molecule has 98 valence electrons. The summed E-state index contributed by atoms with van der Waals surface area (Å²) >= 11 is 0. The summed E-state index contributed by atoms with van der Waals surface area (Å²) in [6.07, 6.45) is 2.27. The number of anilines is 1. The molecule has 0 spiro atoms. The molecule has 2 heterocycles. The maximum Gasteiger partial charge on any atom is 0.234 e. The molecule has 0 radical (unpaired) electrons. The van der Waals surface area contributed by atoms with E-state index in [-0.39, 0.29) is 12.3 Å². The molecule has 0 atom stereocenters. The first-order valence-electron chi connectivity index (χ1n) is 6.35. The van der Waals surface area contributed by atoms with Crippen LogP contribution in [0, 0.1) is 0 Å². The minimum Gasteiger partial charge on any atom is -0.312 e. The van der Waals surface area contributed by atoms with Crippen LogP contribution in [0.3, 0.4) is 0 Å². The smallest absolute Gasteiger partial charge is 0.234 e. The van der Waals surface area contributed by atoms with Crippen molar-refractivity contribution in [2.75, 3.05) is 11.4 Å². The summed E-state index contributed by atoms with van der Waals surface area (Å²) in [7, 11) is 1.74. The number of para-hydroxylation sites is 1. The van der Waals surface area contributed by atoms with Crippen LogP contribution >= 0.6 is 0 Å². The molecule has 0 aliphatic carbocycles. The fourth-order valence-corrected chi connectivity index (χ4v) is 2.42. The first-order chi connectivity index (χ1) is 9.25. The van der Waals surface area contributed by atoms with E-state index >= 15 is 0 Å². The topological polar surface area (TPSA) is 63.9 Å². The van der Waals surface area contributed by atoms with Crippen molar-refractivity contribution in [1.29, 1.82) is 0 Å². The highest BCUT2D eigenvalue weighted by atomic mass is 16.2. The van der Waals surface area contributed by atoms with Crippen molar-refractivity contribution >= 4 is 11.6 Å². The van der Waals surface area contributed by atoms with Gasteiger partial charge in [-0.25, -0.2) is 4.68 Å². The summed E-state index contributed by atoms with van der Waals surface area (Å²) in [6.45, 7) is 0.765. The average Bonchev–Trinajstić information content (AvgIpc) is 2.83. The SMILES string of the molecule is Cn1nnnc1CC(=O)N1CCCc2ccccc21. The largest absolute Gasteiger partial charge is 0.312 e. The third-order valence-corrected chi connectivity index (χ3v) is 3.43. The summed E-state index contributed by atoms with van der Waals surface area (Å²) in [4.78, 5) is 14.2. The second-order valence-corrected chi connectivity index (χ2v) is 4.67. The van der Waals surface area contributed by atoms with Crippen molar-refractivity contribution in [1.82, 2.24) is 20.2 Å². The molecule has 0 fully saturated rings. The predicted octanol–water partition coefficient (Wildman–Crippen LogP) is 0.732. The Morgan fingerprint density at radius 3 is 3.00 bits per heavy atom. The number of aryl methyl sites for hydroxylation is 2. The van der Waals surface area contributed by atoms with Gasteiger partial charge in [-0.15, -0.1) is 5.10 Å². The molecule has 2 aromatic rings. The second-order valence-electron chi connectivity index (χ2n) is 4.67. The Morgan fingerprint density at radius 1 is 1.37 bits per heavy atom. The Hall–Kier alpha value is -2.24. The number of hydrogen-bond acceptors (Lipinski definition) is 4. The lowest BCUT2D eigenvalue weighted by atomic mass is 10.0. The minimum absolute atomic E-state index is 0.0463. The fourth-order valence-electron chi connectivity index (χ4n) is 2.42. The van der Waals surface area contributed by atoms with E-state index in [0.29, 0.717) is 5.82 Å². The summed E-state index contributed by atoms with van der Waals surface area (Å²) in [5, 5.41) is 11.2. The Morgan fingerprint density at radius 2 is 2.21 bits per heavy atom. The van der Waals surface area contributed by atoms with Gasteiger partial charge in [-0.1, -0.05) is 18.2 Å². The van der Waals surface area contributed by atoms with Gasteiger partial charge < -0.3 is 4.90 Å². The molecule has 1 amide bonds. The lowest BCUT2D eigenvalue weighted by Crippen LogP contribution is -2.37. The summed E-state index contributed by atoms with van der Waals surface area (Å²) in [6, 6.07) is 8.06. The van der Waals surface area contributed by atoms with Crippen LogP contribution in [0.1, 0.15) is 17.8 Å². The van der Waals surface area contributed by atoms with Gasteiger partial charge in [0.25, 0.3) is 0 Å². The van der Waals surface area contributed by atoms with Gasteiger partial charge in [-0.3, -0.25) is 4.79 Å². The van der Waals surface area contributed by atoms with Gasteiger partial charge in [0.1, 0.15) is 0 Å². The van der Waals surface area contributed by atoms with E-state index in [0.717, 1.165) is 25.1 Å². The van der Waals surface area contributed by atoms with Crippen molar-refractivity contribution in [2.45, 2.75) is 19.3 Å². The molecule has 0 bridgehead atoms. The molecule has 1 aliphatic heterocycles. The molecule has 1 aromatic heterocycles. The van der Waals surface area contributed by atoms with Gasteiger partial charge in [-0.2, -0.15) is 0 Å². The molecule has 0 N–H and O–H groups in total. The number of rotatable bonds is 2. The van der Waals surface area contributed by atoms with Gasteiger partial charge in [-0.05, 0) is 34.9 Å². The molecule has 3 rings (SSSR count). The lowest BCUT2D eigenvalue weighted by Gasteiger charge is -2.29. The number of tetrazole rings is 1. The molecular weight excluding hydrogens is 242 g/mol. The number of hydrogen-bond donors (Lipinski definition) is 0. The quantitative estimate of drug-likeness (QED) is 0.795. The molecule has 0 saturated heterocycles. The van der Waals surface area contributed by atoms with Crippen molar-refractivity contribution < 1.29 is 4.79 Å². The van der Waals surface area contributed by atoms with Crippen LogP contribution in [0.2, 0.25) is 0 Å². The number of benzene rings is 1. The number of carbonyl (C=O) groups excluding carboxylic acids is 1. The van der Waals surface area contributed by atoms with Crippen molar-refractivity contribution in [2.24, 2.45) is 7.05 Å². The molecule has 0 unspecified atom stereocenters. The normalized spacial score (nSPS) is 14.3. The maximum atomic E-state index is 12.4. The third-order valence-electron chi connectivity index (χ3n) is 3.43. The number of amides is 1. The van der Waals surface area contributed by atoms with E-state index in [1.54, 1.807) is 7.05 Å². The monoisotopic (exact) mass is 257 g/mol. The van der Waals surface area contributed by atoms with E-state index < -0.39 is 0 Å². The van der Waals surface area contributed by atoms with E-state index in [2.05, 4.69) is 21.6 Å². The van der Waals surface area contributed by atoms with Crippen LogP contribution in [0.25, 0.3) is 0 Å². The number of fused-ring (bicyclic) bond motifs is 1. The zero-order valence-electron chi connectivity index (χ0n) is 10.8.